The molecular formula is C16H15Cl2N3O. The fourth-order valence-electron chi connectivity index (χ4n) is 2.56. The van der Waals surface area contributed by atoms with Crippen LogP contribution in [0.5, 0.6) is 0 Å². The minimum atomic E-state index is -0.0453. The summed E-state index contributed by atoms with van der Waals surface area (Å²) in [6.07, 6.45) is 3.56. The number of benzene rings is 1. The van der Waals surface area contributed by atoms with E-state index in [0.29, 0.717) is 28.7 Å². The maximum absolute atomic E-state index is 12.5. The Morgan fingerprint density at radius 1 is 1.00 bits per heavy atom. The van der Waals surface area contributed by atoms with Crippen molar-refractivity contribution >= 4 is 34.8 Å². The Balaban J connectivity index is 1.67. The molecule has 114 valence electrons. The SMILES string of the molecule is O=C(c1ccc(Cl)cc1Cl)N1CCN(c2ccncc2)CC1. The molecule has 0 bridgehead atoms. The van der Waals surface area contributed by atoms with E-state index in [1.807, 2.05) is 17.0 Å². The van der Waals surface area contributed by atoms with Gasteiger partial charge in [-0.15, -0.1) is 0 Å². The monoisotopic (exact) mass is 335 g/mol. The number of pyridine rings is 1. The number of piperazine rings is 1. The normalized spacial score (nSPS) is 15.0. The van der Waals surface area contributed by atoms with Crippen LogP contribution in [0.1, 0.15) is 10.4 Å². The molecule has 1 fully saturated rings. The summed E-state index contributed by atoms with van der Waals surface area (Å²) < 4.78 is 0. The Morgan fingerprint density at radius 2 is 1.68 bits per heavy atom. The average Bonchev–Trinajstić information content (AvgIpc) is 2.55. The zero-order valence-corrected chi connectivity index (χ0v) is 13.4. The van der Waals surface area contributed by atoms with Crippen LogP contribution < -0.4 is 4.90 Å². The Hall–Kier alpha value is -1.78. The van der Waals surface area contributed by atoms with Gasteiger partial charge in [0.2, 0.25) is 0 Å². The molecule has 4 nitrogen and oxygen atoms in total. The number of amides is 1. The summed E-state index contributed by atoms with van der Waals surface area (Å²) in [5.74, 6) is -0.0453. The summed E-state index contributed by atoms with van der Waals surface area (Å²) in [6.45, 7) is 2.92. The van der Waals surface area contributed by atoms with Crippen LogP contribution in [0.4, 0.5) is 5.69 Å². The summed E-state index contributed by atoms with van der Waals surface area (Å²) in [4.78, 5) is 20.6. The van der Waals surface area contributed by atoms with E-state index in [1.165, 1.54) is 0 Å². The van der Waals surface area contributed by atoms with Gasteiger partial charge in [-0.2, -0.15) is 0 Å². The van der Waals surface area contributed by atoms with Gasteiger partial charge in [-0.1, -0.05) is 23.2 Å². The summed E-state index contributed by atoms with van der Waals surface area (Å²) in [6, 6.07) is 8.93. The van der Waals surface area contributed by atoms with E-state index < -0.39 is 0 Å². The van der Waals surface area contributed by atoms with Crippen LogP contribution in [0.15, 0.2) is 42.7 Å². The van der Waals surface area contributed by atoms with Crippen molar-refractivity contribution in [1.29, 1.82) is 0 Å². The first-order valence-electron chi connectivity index (χ1n) is 7.04. The van der Waals surface area contributed by atoms with Crippen molar-refractivity contribution in [3.8, 4) is 0 Å². The topological polar surface area (TPSA) is 36.4 Å². The van der Waals surface area contributed by atoms with E-state index >= 15 is 0 Å². The molecule has 1 amide bonds. The molecule has 0 unspecified atom stereocenters. The van der Waals surface area contributed by atoms with Crippen molar-refractivity contribution in [2.24, 2.45) is 0 Å². The van der Waals surface area contributed by atoms with Gasteiger partial charge < -0.3 is 9.80 Å². The summed E-state index contributed by atoms with van der Waals surface area (Å²) in [5, 5.41) is 0.929. The Morgan fingerprint density at radius 3 is 2.32 bits per heavy atom. The van der Waals surface area contributed by atoms with E-state index in [0.717, 1.165) is 18.8 Å². The number of rotatable bonds is 2. The molecule has 2 aromatic rings. The standard InChI is InChI=1S/C16H15Cl2N3O/c17-12-1-2-14(15(18)11-12)16(22)21-9-7-20(8-10-21)13-3-5-19-6-4-13/h1-6,11H,7-10H2. The number of anilines is 1. The van der Waals surface area contributed by atoms with Crippen LogP contribution in [0.25, 0.3) is 0 Å². The van der Waals surface area contributed by atoms with Crippen molar-refractivity contribution in [2.45, 2.75) is 0 Å². The number of carbonyl (C=O) groups is 1. The highest BCUT2D eigenvalue weighted by Crippen LogP contribution is 2.23. The highest BCUT2D eigenvalue weighted by atomic mass is 35.5. The highest BCUT2D eigenvalue weighted by molar-refractivity contribution is 6.36. The van der Waals surface area contributed by atoms with Gasteiger partial charge in [-0.25, -0.2) is 0 Å². The third kappa shape index (κ3) is 3.18. The van der Waals surface area contributed by atoms with Gasteiger partial charge in [0, 0.05) is 49.3 Å². The fraction of sp³-hybridized carbons (Fsp3) is 0.250. The van der Waals surface area contributed by atoms with E-state index in [9.17, 15) is 4.79 Å². The average molecular weight is 336 g/mol. The molecule has 0 spiro atoms. The molecular weight excluding hydrogens is 321 g/mol. The number of nitrogens with zero attached hydrogens (tertiary/aromatic N) is 3. The van der Waals surface area contributed by atoms with Crippen LogP contribution in [0, 0.1) is 0 Å². The van der Waals surface area contributed by atoms with E-state index in [4.69, 9.17) is 23.2 Å². The lowest BCUT2D eigenvalue weighted by atomic mass is 10.1. The highest BCUT2D eigenvalue weighted by Gasteiger charge is 2.23. The summed E-state index contributed by atoms with van der Waals surface area (Å²) in [5.41, 5.74) is 1.63. The molecule has 0 saturated carbocycles. The van der Waals surface area contributed by atoms with Crippen molar-refractivity contribution < 1.29 is 4.79 Å². The van der Waals surface area contributed by atoms with Crippen molar-refractivity contribution in [1.82, 2.24) is 9.88 Å². The summed E-state index contributed by atoms with van der Waals surface area (Å²) >= 11 is 12.0. The smallest absolute Gasteiger partial charge is 0.255 e. The van der Waals surface area contributed by atoms with Gasteiger partial charge >= 0.3 is 0 Å². The van der Waals surface area contributed by atoms with Crippen LogP contribution in [0.2, 0.25) is 10.0 Å². The fourth-order valence-corrected chi connectivity index (χ4v) is 3.05. The largest absolute Gasteiger partial charge is 0.368 e. The molecule has 1 saturated heterocycles. The Kier molecular flexibility index (Phi) is 4.50. The number of halogens is 2. The number of hydrogen-bond donors (Lipinski definition) is 0. The van der Waals surface area contributed by atoms with Crippen molar-refractivity contribution in [3.05, 3.63) is 58.3 Å². The second-order valence-electron chi connectivity index (χ2n) is 5.11. The van der Waals surface area contributed by atoms with Gasteiger partial charge in [0.05, 0.1) is 10.6 Å². The second-order valence-corrected chi connectivity index (χ2v) is 5.95. The number of carbonyl (C=O) groups excluding carboxylic acids is 1. The molecule has 0 N–H and O–H groups in total. The maximum atomic E-state index is 12.5. The molecule has 6 heteroatoms. The lowest BCUT2D eigenvalue weighted by Crippen LogP contribution is -2.48. The molecule has 0 atom stereocenters. The lowest BCUT2D eigenvalue weighted by molar-refractivity contribution is 0.0747. The first-order valence-corrected chi connectivity index (χ1v) is 7.80. The molecule has 1 aliphatic heterocycles. The minimum Gasteiger partial charge on any atom is -0.368 e. The molecule has 0 radical (unpaired) electrons. The van der Waals surface area contributed by atoms with Gasteiger partial charge in [0.15, 0.2) is 0 Å². The third-order valence-corrected chi connectivity index (χ3v) is 4.30. The number of aromatic nitrogens is 1. The van der Waals surface area contributed by atoms with Crippen LogP contribution >= 0.6 is 23.2 Å². The lowest BCUT2D eigenvalue weighted by Gasteiger charge is -2.36. The quantitative estimate of drug-likeness (QED) is 0.844. The van der Waals surface area contributed by atoms with Crippen molar-refractivity contribution in [2.75, 3.05) is 31.1 Å². The van der Waals surface area contributed by atoms with Crippen molar-refractivity contribution in [3.63, 3.8) is 0 Å². The van der Waals surface area contributed by atoms with Crippen LogP contribution in [-0.4, -0.2) is 42.0 Å². The summed E-state index contributed by atoms with van der Waals surface area (Å²) in [7, 11) is 0. The van der Waals surface area contributed by atoms with Gasteiger partial charge in [0.25, 0.3) is 5.91 Å². The predicted molar refractivity (Wildman–Crippen MR) is 88.8 cm³/mol. The maximum Gasteiger partial charge on any atom is 0.255 e. The molecule has 22 heavy (non-hydrogen) atoms. The molecule has 3 rings (SSSR count). The number of hydrogen-bond acceptors (Lipinski definition) is 3. The van der Waals surface area contributed by atoms with Crippen LogP contribution in [-0.2, 0) is 0 Å². The van der Waals surface area contributed by atoms with Gasteiger partial charge in [0.1, 0.15) is 0 Å². The zero-order chi connectivity index (χ0) is 15.5. The van der Waals surface area contributed by atoms with E-state index in [1.54, 1.807) is 30.6 Å². The van der Waals surface area contributed by atoms with Crippen LogP contribution in [0.3, 0.4) is 0 Å². The zero-order valence-electron chi connectivity index (χ0n) is 11.9. The first kappa shape index (κ1) is 15.1. The van der Waals surface area contributed by atoms with E-state index in [-0.39, 0.29) is 5.91 Å². The first-order chi connectivity index (χ1) is 10.6. The molecule has 2 heterocycles. The second kappa shape index (κ2) is 6.55. The molecule has 0 aliphatic carbocycles. The third-order valence-electron chi connectivity index (χ3n) is 3.76. The Bertz CT molecular complexity index is 670. The minimum absolute atomic E-state index is 0.0453. The Labute approximate surface area is 139 Å². The predicted octanol–water partition coefficient (Wildman–Crippen LogP) is 3.35. The molecule has 1 aromatic heterocycles. The molecule has 1 aromatic carbocycles. The van der Waals surface area contributed by atoms with Gasteiger partial charge in [-0.05, 0) is 30.3 Å². The van der Waals surface area contributed by atoms with E-state index in [2.05, 4.69) is 9.88 Å². The van der Waals surface area contributed by atoms with Gasteiger partial charge in [-0.3, -0.25) is 9.78 Å². The molecule has 1 aliphatic rings.